The van der Waals surface area contributed by atoms with Crippen molar-refractivity contribution in [3.05, 3.63) is 0 Å². The molecule has 1 aliphatic carbocycles. The predicted molar refractivity (Wildman–Crippen MR) is 71.7 cm³/mol. The second-order valence-electron chi connectivity index (χ2n) is 6.53. The van der Waals surface area contributed by atoms with E-state index >= 15 is 0 Å². The largest absolute Gasteiger partial charge is 0.368 e. The van der Waals surface area contributed by atoms with Crippen LogP contribution in [0, 0.1) is 17.3 Å². The first-order chi connectivity index (χ1) is 8.29. The number of rotatable bonds is 4. The minimum atomic E-state index is -0.486. The number of nitrogens with one attached hydrogen (secondary N) is 1. The van der Waals surface area contributed by atoms with Gasteiger partial charge in [-0.1, -0.05) is 20.8 Å². The van der Waals surface area contributed by atoms with E-state index < -0.39 is 5.91 Å². The lowest BCUT2D eigenvalue weighted by Crippen LogP contribution is -2.35. The molecule has 0 spiro atoms. The lowest BCUT2D eigenvalue weighted by molar-refractivity contribution is -0.125. The van der Waals surface area contributed by atoms with Gasteiger partial charge in [0, 0.05) is 6.42 Å². The summed E-state index contributed by atoms with van der Waals surface area (Å²) in [5.41, 5.74) is 5.36. The van der Waals surface area contributed by atoms with E-state index in [4.69, 9.17) is 5.73 Å². The van der Waals surface area contributed by atoms with E-state index in [0.717, 1.165) is 18.8 Å². The van der Waals surface area contributed by atoms with Gasteiger partial charge in [-0.05, 0) is 42.9 Å². The van der Waals surface area contributed by atoms with Crippen molar-refractivity contribution in [3.63, 3.8) is 0 Å². The molecule has 0 aromatic rings. The van der Waals surface area contributed by atoms with Crippen molar-refractivity contribution < 1.29 is 9.59 Å². The van der Waals surface area contributed by atoms with Crippen LogP contribution in [0.4, 0.5) is 0 Å². The number of hydrogen-bond donors (Lipinski definition) is 2. The zero-order chi connectivity index (χ0) is 13.8. The summed E-state index contributed by atoms with van der Waals surface area (Å²) >= 11 is 0. The molecule has 4 heteroatoms. The van der Waals surface area contributed by atoms with Crippen molar-refractivity contribution in [2.75, 3.05) is 6.54 Å². The second kappa shape index (κ2) is 6.21. The van der Waals surface area contributed by atoms with Crippen LogP contribution in [-0.2, 0) is 9.59 Å². The van der Waals surface area contributed by atoms with Crippen molar-refractivity contribution in [1.82, 2.24) is 5.32 Å². The van der Waals surface area contributed by atoms with Crippen molar-refractivity contribution in [1.29, 1.82) is 0 Å². The van der Waals surface area contributed by atoms with Gasteiger partial charge in [0.1, 0.15) is 0 Å². The Morgan fingerprint density at radius 2 is 1.72 bits per heavy atom. The Labute approximate surface area is 110 Å². The predicted octanol–water partition coefficient (Wildman–Crippen LogP) is 1.83. The molecule has 2 amide bonds. The molecular weight excluding hydrogens is 228 g/mol. The molecule has 3 N–H and O–H groups in total. The Morgan fingerprint density at radius 1 is 1.17 bits per heavy atom. The van der Waals surface area contributed by atoms with Gasteiger partial charge in [0.2, 0.25) is 11.8 Å². The summed E-state index contributed by atoms with van der Waals surface area (Å²) in [4.78, 5) is 22.1. The third kappa shape index (κ3) is 5.07. The maximum absolute atomic E-state index is 11.6. The quantitative estimate of drug-likeness (QED) is 0.803. The third-order valence-corrected chi connectivity index (χ3v) is 4.01. The van der Waals surface area contributed by atoms with Crippen LogP contribution in [0.25, 0.3) is 0 Å². The molecule has 0 aromatic heterocycles. The maximum Gasteiger partial charge on any atom is 0.236 e. The van der Waals surface area contributed by atoms with E-state index in [2.05, 4.69) is 26.1 Å². The van der Waals surface area contributed by atoms with Crippen LogP contribution in [0.1, 0.15) is 52.9 Å². The van der Waals surface area contributed by atoms with E-state index in [1.807, 2.05) is 0 Å². The molecule has 1 saturated carbocycles. The van der Waals surface area contributed by atoms with Crippen LogP contribution >= 0.6 is 0 Å². The minimum absolute atomic E-state index is 0.0455. The van der Waals surface area contributed by atoms with Crippen LogP contribution < -0.4 is 11.1 Å². The van der Waals surface area contributed by atoms with Crippen molar-refractivity contribution in [3.8, 4) is 0 Å². The van der Waals surface area contributed by atoms with Crippen LogP contribution in [0.3, 0.4) is 0 Å². The zero-order valence-corrected chi connectivity index (χ0v) is 11.8. The van der Waals surface area contributed by atoms with Gasteiger partial charge >= 0.3 is 0 Å². The van der Waals surface area contributed by atoms with Crippen LogP contribution in [0.2, 0.25) is 0 Å². The molecular formula is C14H26N2O2. The number of carbonyl (C=O) groups excluding carboxylic acids is 2. The smallest absolute Gasteiger partial charge is 0.236 e. The SMILES string of the molecule is CC(C)(C)C1CCC(CC(=O)NCC(N)=O)CC1. The Hall–Kier alpha value is -1.06. The van der Waals surface area contributed by atoms with Gasteiger partial charge in [-0.25, -0.2) is 0 Å². The monoisotopic (exact) mass is 254 g/mol. The van der Waals surface area contributed by atoms with E-state index in [0.29, 0.717) is 17.8 Å². The van der Waals surface area contributed by atoms with Gasteiger partial charge in [-0.2, -0.15) is 0 Å². The fraction of sp³-hybridized carbons (Fsp3) is 0.857. The summed E-state index contributed by atoms with van der Waals surface area (Å²) in [5.74, 6) is 0.701. The number of hydrogen-bond acceptors (Lipinski definition) is 2. The van der Waals surface area contributed by atoms with Gasteiger partial charge in [0.05, 0.1) is 6.54 Å². The van der Waals surface area contributed by atoms with Crippen LogP contribution in [0.15, 0.2) is 0 Å². The van der Waals surface area contributed by atoms with E-state index in [1.165, 1.54) is 12.8 Å². The highest BCUT2D eigenvalue weighted by atomic mass is 16.2. The summed E-state index contributed by atoms with van der Waals surface area (Å²) in [6.45, 7) is 6.82. The molecule has 4 nitrogen and oxygen atoms in total. The Kier molecular flexibility index (Phi) is 5.17. The Morgan fingerprint density at radius 3 is 2.17 bits per heavy atom. The Balaban J connectivity index is 2.27. The summed E-state index contributed by atoms with van der Waals surface area (Å²) in [7, 11) is 0. The van der Waals surface area contributed by atoms with Crippen LogP contribution in [-0.4, -0.2) is 18.4 Å². The first-order valence-corrected chi connectivity index (χ1v) is 6.84. The molecule has 1 fully saturated rings. The highest BCUT2D eigenvalue weighted by molar-refractivity contribution is 5.83. The standard InChI is InChI=1S/C14H26N2O2/c1-14(2,3)11-6-4-10(5-7-11)8-13(18)16-9-12(15)17/h10-11H,4-9H2,1-3H3,(H2,15,17)(H,16,18). The molecule has 0 unspecified atom stereocenters. The molecule has 0 bridgehead atoms. The first-order valence-electron chi connectivity index (χ1n) is 6.84. The van der Waals surface area contributed by atoms with Gasteiger partial charge in [-0.3, -0.25) is 9.59 Å². The van der Waals surface area contributed by atoms with Gasteiger partial charge < -0.3 is 11.1 Å². The molecule has 18 heavy (non-hydrogen) atoms. The maximum atomic E-state index is 11.6. The average Bonchev–Trinajstić information content (AvgIpc) is 2.26. The zero-order valence-electron chi connectivity index (χ0n) is 11.8. The lowest BCUT2D eigenvalue weighted by Gasteiger charge is -2.36. The minimum Gasteiger partial charge on any atom is -0.368 e. The summed E-state index contributed by atoms with van der Waals surface area (Å²) < 4.78 is 0. The third-order valence-electron chi connectivity index (χ3n) is 4.01. The van der Waals surface area contributed by atoms with Crippen LogP contribution in [0.5, 0.6) is 0 Å². The van der Waals surface area contributed by atoms with Gasteiger partial charge in [0.15, 0.2) is 0 Å². The van der Waals surface area contributed by atoms with E-state index in [9.17, 15) is 9.59 Å². The molecule has 0 aliphatic heterocycles. The van der Waals surface area contributed by atoms with E-state index in [-0.39, 0.29) is 12.5 Å². The molecule has 0 radical (unpaired) electrons. The summed E-state index contributed by atoms with van der Waals surface area (Å²) in [6.07, 6.45) is 5.18. The highest BCUT2D eigenvalue weighted by Crippen LogP contribution is 2.40. The Bertz CT molecular complexity index is 299. The second-order valence-corrected chi connectivity index (χ2v) is 6.53. The van der Waals surface area contributed by atoms with Crippen molar-refractivity contribution in [2.24, 2.45) is 23.0 Å². The molecule has 1 aliphatic rings. The van der Waals surface area contributed by atoms with Gasteiger partial charge in [0.25, 0.3) is 0 Å². The normalized spacial score (nSPS) is 24.6. The van der Waals surface area contributed by atoms with Gasteiger partial charge in [-0.15, -0.1) is 0 Å². The topological polar surface area (TPSA) is 72.2 Å². The molecule has 0 atom stereocenters. The molecule has 0 aromatic carbocycles. The first kappa shape index (κ1) is 15.0. The van der Waals surface area contributed by atoms with E-state index in [1.54, 1.807) is 0 Å². The fourth-order valence-corrected chi connectivity index (χ4v) is 2.75. The fourth-order valence-electron chi connectivity index (χ4n) is 2.75. The van der Waals surface area contributed by atoms with Crippen molar-refractivity contribution >= 4 is 11.8 Å². The number of amides is 2. The average molecular weight is 254 g/mol. The number of primary amides is 1. The highest BCUT2D eigenvalue weighted by Gasteiger charge is 2.30. The lowest BCUT2D eigenvalue weighted by atomic mass is 9.69. The summed E-state index contributed by atoms with van der Waals surface area (Å²) in [6, 6.07) is 0. The molecule has 0 heterocycles. The molecule has 1 rings (SSSR count). The molecule has 0 saturated heterocycles. The van der Waals surface area contributed by atoms with Crippen molar-refractivity contribution in [2.45, 2.75) is 52.9 Å². The number of nitrogens with two attached hydrogens (primary N) is 1. The molecule has 104 valence electrons. The number of carbonyl (C=O) groups is 2. The summed E-state index contributed by atoms with van der Waals surface area (Å²) in [5, 5.41) is 2.56.